The zero-order valence-electron chi connectivity index (χ0n) is 15.6. The first-order valence-electron chi connectivity index (χ1n) is 8.88. The number of carbonyl (C=O) groups is 1. The number of aromatic nitrogens is 4. The second-order valence-corrected chi connectivity index (χ2v) is 7.43. The minimum atomic E-state index is -0.227. The van der Waals surface area contributed by atoms with Gasteiger partial charge in [-0.3, -0.25) is 14.8 Å². The van der Waals surface area contributed by atoms with Gasteiger partial charge in [0.25, 0.3) is 0 Å². The van der Waals surface area contributed by atoms with Crippen molar-refractivity contribution in [2.75, 3.05) is 5.32 Å². The third-order valence-corrected chi connectivity index (χ3v) is 5.67. The minimum absolute atomic E-state index is 0.0543. The Bertz CT molecular complexity index is 943. The van der Waals surface area contributed by atoms with Gasteiger partial charge in [-0.1, -0.05) is 26.0 Å². The molecule has 0 aliphatic rings. The summed E-state index contributed by atoms with van der Waals surface area (Å²) in [5.41, 5.74) is 3.89. The number of para-hydroxylation sites is 2. The Morgan fingerprint density at radius 3 is 2.69 bits per heavy atom. The van der Waals surface area contributed by atoms with Crippen molar-refractivity contribution in [3.63, 3.8) is 0 Å². The number of halogens is 1. The highest BCUT2D eigenvalue weighted by atomic mass is 79.9. The predicted molar refractivity (Wildman–Crippen MR) is 107 cm³/mol. The first-order chi connectivity index (χ1) is 12.4. The molecule has 0 bridgehead atoms. The van der Waals surface area contributed by atoms with E-state index in [1.54, 1.807) is 0 Å². The maximum atomic E-state index is 12.7. The molecule has 1 N–H and O–H groups in total. The summed E-state index contributed by atoms with van der Waals surface area (Å²) in [5.74, 6) is 0.329. The van der Waals surface area contributed by atoms with Gasteiger partial charge in [0.2, 0.25) is 11.9 Å². The molecule has 3 rings (SSSR count). The average molecular weight is 418 g/mol. The molecule has 6 nitrogen and oxygen atoms in total. The van der Waals surface area contributed by atoms with Crippen LogP contribution in [0.4, 0.5) is 5.95 Å². The Kier molecular flexibility index (Phi) is 5.46. The van der Waals surface area contributed by atoms with E-state index < -0.39 is 0 Å². The first-order valence-corrected chi connectivity index (χ1v) is 9.67. The molecule has 2 heterocycles. The van der Waals surface area contributed by atoms with Gasteiger partial charge in [-0.05, 0) is 48.3 Å². The number of nitrogens with one attached hydrogen (secondary N) is 1. The Morgan fingerprint density at radius 1 is 1.31 bits per heavy atom. The highest BCUT2D eigenvalue weighted by Gasteiger charge is 2.20. The number of aryl methyl sites for hydroxylation is 2. The summed E-state index contributed by atoms with van der Waals surface area (Å²) >= 11 is 3.53. The Hall–Kier alpha value is -2.15. The summed E-state index contributed by atoms with van der Waals surface area (Å²) in [6, 6.07) is 7.95. The van der Waals surface area contributed by atoms with Crippen molar-refractivity contribution in [1.29, 1.82) is 0 Å². The lowest BCUT2D eigenvalue weighted by Gasteiger charge is -2.14. The largest absolute Gasteiger partial charge is 0.310 e. The molecule has 2 aromatic heterocycles. The van der Waals surface area contributed by atoms with Crippen molar-refractivity contribution < 1.29 is 4.79 Å². The summed E-state index contributed by atoms with van der Waals surface area (Å²) in [4.78, 5) is 17.3. The van der Waals surface area contributed by atoms with Crippen LogP contribution in [0.1, 0.15) is 31.7 Å². The molecule has 0 saturated heterocycles. The number of hydrogen-bond donors (Lipinski definition) is 1. The molecule has 0 fully saturated rings. The van der Waals surface area contributed by atoms with Gasteiger partial charge < -0.3 is 4.57 Å². The molecule has 0 saturated carbocycles. The van der Waals surface area contributed by atoms with Crippen LogP contribution in [0.3, 0.4) is 0 Å². The first kappa shape index (κ1) is 18.6. The van der Waals surface area contributed by atoms with E-state index in [0.717, 1.165) is 39.9 Å². The van der Waals surface area contributed by atoms with Crippen LogP contribution in [0.25, 0.3) is 11.0 Å². The van der Waals surface area contributed by atoms with Gasteiger partial charge in [-0.2, -0.15) is 5.10 Å². The summed E-state index contributed by atoms with van der Waals surface area (Å²) in [6.07, 6.45) is 0.971. The quantitative estimate of drug-likeness (QED) is 0.649. The van der Waals surface area contributed by atoms with Crippen LogP contribution in [0.5, 0.6) is 0 Å². The molecule has 0 aliphatic carbocycles. The Balaban J connectivity index is 1.79. The Morgan fingerprint density at radius 2 is 2.04 bits per heavy atom. The van der Waals surface area contributed by atoms with Crippen molar-refractivity contribution in [2.45, 2.75) is 47.2 Å². The monoisotopic (exact) mass is 417 g/mol. The van der Waals surface area contributed by atoms with E-state index in [1.807, 2.05) is 49.7 Å². The van der Waals surface area contributed by atoms with E-state index in [1.165, 1.54) is 0 Å². The van der Waals surface area contributed by atoms with E-state index in [9.17, 15) is 4.79 Å². The van der Waals surface area contributed by atoms with Gasteiger partial charge >= 0.3 is 0 Å². The third-order valence-electron chi connectivity index (χ3n) is 4.52. The highest BCUT2D eigenvalue weighted by molar-refractivity contribution is 9.10. The second kappa shape index (κ2) is 7.61. The van der Waals surface area contributed by atoms with Crippen LogP contribution in [0, 0.1) is 19.8 Å². The summed E-state index contributed by atoms with van der Waals surface area (Å²) in [5, 5.41) is 7.50. The Labute approximate surface area is 161 Å². The number of hydrogen-bond acceptors (Lipinski definition) is 3. The fourth-order valence-corrected chi connectivity index (χ4v) is 3.33. The van der Waals surface area contributed by atoms with Gasteiger partial charge in [-0.25, -0.2) is 4.98 Å². The molecular weight excluding hydrogens is 394 g/mol. The standard InChI is InChI=1S/C19H24BrN5O/c1-5-10-24-16-9-7-6-8-15(16)21-19(24)22-18(26)12(2)11-25-14(4)17(20)13(3)23-25/h6-9,12H,5,10-11H2,1-4H3,(H,21,22,26)/t12-/m1/s1. The summed E-state index contributed by atoms with van der Waals surface area (Å²) in [6.45, 7) is 9.31. The number of benzene rings is 1. The van der Waals surface area contributed by atoms with E-state index in [-0.39, 0.29) is 11.8 Å². The minimum Gasteiger partial charge on any atom is -0.310 e. The molecule has 0 unspecified atom stereocenters. The average Bonchev–Trinajstić information content (AvgIpc) is 3.08. The molecule has 26 heavy (non-hydrogen) atoms. The van der Waals surface area contributed by atoms with Crippen molar-refractivity contribution in [3.8, 4) is 0 Å². The number of carbonyl (C=O) groups excluding carboxylic acids is 1. The van der Waals surface area contributed by atoms with Gasteiger partial charge in [0, 0.05) is 12.2 Å². The lowest BCUT2D eigenvalue weighted by Crippen LogP contribution is -2.26. The molecule has 7 heteroatoms. The highest BCUT2D eigenvalue weighted by Crippen LogP contribution is 2.22. The number of fused-ring (bicyclic) bond motifs is 1. The lowest BCUT2D eigenvalue weighted by molar-refractivity contribution is -0.119. The number of rotatable bonds is 6. The van der Waals surface area contributed by atoms with E-state index in [4.69, 9.17) is 0 Å². The molecule has 1 amide bonds. The smallest absolute Gasteiger partial charge is 0.231 e. The molecule has 1 aromatic carbocycles. The van der Waals surface area contributed by atoms with Gasteiger partial charge in [-0.15, -0.1) is 0 Å². The van der Waals surface area contributed by atoms with Gasteiger partial charge in [0.15, 0.2) is 0 Å². The topological polar surface area (TPSA) is 64.7 Å². The van der Waals surface area contributed by atoms with Gasteiger partial charge in [0.05, 0.1) is 33.7 Å². The summed E-state index contributed by atoms with van der Waals surface area (Å²) < 4.78 is 4.94. The number of amides is 1. The van der Waals surface area contributed by atoms with E-state index >= 15 is 0 Å². The fraction of sp³-hybridized carbons (Fsp3) is 0.421. The molecule has 138 valence electrons. The third kappa shape index (κ3) is 3.53. The molecular formula is C19H24BrN5O. The number of nitrogens with zero attached hydrogens (tertiary/aromatic N) is 4. The lowest BCUT2D eigenvalue weighted by atomic mass is 10.1. The maximum Gasteiger partial charge on any atom is 0.231 e. The normalized spacial score (nSPS) is 12.5. The van der Waals surface area contributed by atoms with Crippen molar-refractivity contribution in [1.82, 2.24) is 19.3 Å². The van der Waals surface area contributed by atoms with Crippen LogP contribution in [-0.4, -0.2) is 25.2 Å². The second-order valence-electron chi connectivity index (χ2n) is 6.63. The SMILES string of the molecule is CCCn1c(NC(=O)[C@H](C)Cn2nc(C)c(Br)c2C)nc2ccccc21. The zero-order valence-corrected chi connectivity index (χ0v) is 17.2. The predicted octanol–water partition coefficient (Wildman–Crippen LogP) is 4.30. The van der Waals surface area contributed by atoms with Crippen molar-refractivity contribution in [3.05, 3.63) is 40.1 Å². The van der Waals surface area contributed by atoms with E-state index in [2.05, 4.69) is 42.8 Å². The van der Waals surface area contributed by atoms with Crippen LogP contribution in [0.15, 0.2) is 28.7 Å². The molecule has 0 radical (unpaired) electrons. The zero-order chi connectivity index (χ0) is 18.8. The fourth-order valence-electron chi connectivity index (χ4n) is 3.05. The van der Waals surface area contributed by atoms with Gasteiger partial charge in [0.1, 0.15) is 0 Å². The summed E-state index contributed by atoms with van der Waals surface area (Å²) in [7, 11) is 0. The van der Waals surface area contributed by atoms with Crippen LogP contribution in [-0.2, 0) is 17.9 Å². The van der Waals surface area contributed by atoms with E-state index in [0.29, 0.717) is 12.5 Å². The van der Waals surface area contributed by atoms with Crippen molar-refractivity contribution >= 4 is 38.8 Å². The van der Waals surface area contributed by atoms with Crippen molar-refractivity contribution in [2.24, 2.45) is 5.92 Å². The van der Waals surface area contributed by atoms with Crippen LogP contribution >= 0.6 is 15.9 Å². The molecule has 1 atom stereocenters. The molecule has 3 aromatic rings. The van der Waals surface area contributed by atoms with Crippen LogP contribution < -0.4 is 5.32 Å². The molecule has 0 aliphatic heterocycles. The number of imidazole rings is 1. The number of anilines is 1. The molecule has 0 spiro atoms. The maximum absolute atomic E-state index is 12.7. The van der Waals surface area contributed by atoms with Crippen LogP contribution in [0.2, 0.25) is 0 Å².